The minimum Gasteiger partial charge on any atom is -0.493 e. The quantitative estimate of drug-likeness (QED) is 0.121. The first-order valence-electron chi connectivity index (χ1n) is 16.9. The van der Waals surface area contributed by atoms with Crippen LogP contribution in [0.15, 0.2) is 53.1 Å². The number of carbonyl (C=O) groups excluding carboxylic acids is 3. The monoisotopic (exact) mass is 710 g/mol. The van der Waals surface area contributed by atoms with Crippen LogP contribution in [0.4, 0.5) is 5.69 Å². The average molecular weight is 711 g/mol. The van der Waals surface area contributed by atoms with Crippen LogP contribution in [0, 0.1) is 11.8 Å². The number of benzene rings is 2. The maximum atomic E-state index is 13.1. The molecule has 1 unspecified atom stereocenters. The molecule has 3 aliphatic rings. The highest BCUT2D eigenvalue weighted by Crippen LogP contribution is 2.51. The van der Waals surface area contributed by atoms with E-state index in [1.165, 1.54) is 16.7 Å². The molecule has 13 nitrogen and oxygen atoms in total. The van der Waals surface area contributed by atoms with Crippen molar-refractivity contribution in [1.82, 2.24) is 15.5 Å². The fourth-order valence-corrected chi connectivity index (χ4v) is 8.31. The molecule has 2 aromatic rings. The Morgan fingerprint density at radius 3 is 2.58 bits per heavy atom. The van der Waals surface area contributed by atoms with E-state index < -0.39 is 24.0 Å². The molecule has 0 aromatic heterocycles. The lowest BCUT2D eigenvalue weighted by molar-refractivity contribution is -0.163. The summed E-state index contributed by atoms with van der Waals surface area (Å²) in [6.07, 6.45) is 2.31. The lowest BCUT2D eigenvalue weighted by Crippen LogP contribution is -2.63. The summed E-state index contributed by atoms with van der Waals surface area (Å²) in [5.41, 5.74) is 2.03. The van der Waals surface area contributed by atoms with Crippen molar-refractivity contribution in [2.75, 3.05) is 45.8 Å². The number of rotatable bonds is 17. The van der Waals surface area contributed by atoms with Gasteiger partial charge in [0.1, 0.15) is 5.70 Å². The zero-order valence-corrected chi connectivity index (χ0v) is 29.6. The lowest BCUT2D eigenvalue weighted by atomic mass is 9.79. The van der Waals surface area contributed by atoms with Gasteiger partial charge in [0.15, 0.2) is 11.5 Å². The van der Waals surface area contributed by atoms with Gasteiger partial charge in [0.05, 0.1) is 44.9 Å². The Hall–Kier alpha value is -4.11. The number of aliphatic carboxylic acids is 1. The number of aryl methyl sites for hydroxylation is 1. The number of nitrogens with zero attached hydrogens (tertiary/aromatic N) is 1. The van der Waals surface area contributed by atoms with Gasteiger partial charge in [-0.1, -0.05) is 19.1 Å². The fourth-order valence-electron chi connectivity index (χ4n) is 6.83. The summed E-state index contributed by atoms with van der Waals surface area (Å²) in [6, 6.07) is 11.7. The first kappa shape index (κ1) is 37.2. The molecular formula is C36H46N4O9S. The van der Waals surface area contributed by atoms with E-state index in [9.17, 15) is 29.4 Å². The number of hydrogen-bond donors (Lipinski definition) is 5. The minimum atomic E-state index is -1.17. The molecule has 5 rings (SSSR count). The largest absolute Gasteiger partial charge is 0.493 e. The third kappa shape index (κ3) is 8.26. The van der Waals surface area contributed by atoms with Crippen molar-refractivity contribution >= 4 is 41.1 Å². The van der Waals surface area contributed by atoms with E-state index in [0.29, 0.717) is 60.4 Å². The van der Waals surface area contributed by atoms with Crippen LogP contribution in [-0.4, -0.2) is 103 Å². The summed E-state index contributed by atoms with van der Waals surface area (Å²) < 4.78 is 16.3. The third-order valence-electron chi connectivity index (χ3n) is 9.39. The maximum Gasteiger partial charge on any atom is 0.353 e. The molecule has 0 aliphatic carbocycles. The molecule has 6 atom stereocenters. The van der Waals surface area contributed by atoms with Gasteiger partial charge in [-0.3, -0.25) is 14.4 Å². The van der Waals surface area contributed by atoms with Gasteiger partial charge in [0.25, 0.3) is 5.91 Å². The molecule has 0 bridgehead atoms. The van der Waals surface area contributed by atoms with E-state index in [-0.39, 0.29) is 40.6 Å². The standard InChI is InChI=1S/C36H46N4O9S/c1-20-30-29(21(2)41)35(44)40(30)31(36(45)46)32(20)50-25-18-26(38-19-25)34(43)39-24-10-7-9-23(17-24)33(42)37-13-15-49-14-6-5-8-22-11-12-27(47-3)28(16-22)48-4/h7,9-12,16-17,20-21,25-26,29-30,38,41H,5-6,8,13-15,18-19H2,1-4H3,(H,37,42)(H,39,43)(H,45,46)/t20-,21-,25+,26+,29-,30?/m1/s1. The van der Waals surface area contributed by atoms with E-state index in [4.69, 9.17) is 14.2 Å². The van der Waals surface area contributed by atoms with Crippen molar-refractivity contribution in [3.05, 3.63) is 64.2 Å². The number of unbranched alkanes of at least 4 members (excludes halogenated alkanes) is 1. The number of aliphatic hydroxyl groups is 1. The Morgan fingerprint density at radius 1 is 1.08 bits per heavy atom. The predicted molar refractivity (Wildman–Crippen MR) is 188 cm³/mol. The van der Waals surface area contributed by atoms with Crippen LogP contribution in [0.5, 0.6) is 11.5 Å². The molecule has 3 heterocycles. The maximum absolute atomic E-state index is 13.1. The Labute approximate surface area is 296 Å². The van der Waals surface area contributed by atoms with Gasteiger partial charge < -0.3 is 45.3 Å². The van der Waals surface area contributed by atoms with Crippen LogP contribution < -0.4 is 25.4 Å². The van der Waals surface area contributed by atoms with Gasteiger partial charge in [-0.2, -0.15) is 0 Å². The molecule has 3 amide bonds. The number of ether oxygens (including phenoxy) is 3. The van der Waals surface area contributed by atoms with Crippen LogP contribution in [0.25, 0.3) is 0 Å². The minimum absolute atomic E-state index is 0.0219. The topological polar surface area (TPSA) is 176 Å². The van der Waals surface area contributed by atoms with Crippen molar-refractivity contribution in [2.45, 2.75) is 63.0 Å². The smallest absolute Gasteiger partial charge is 0.353 e. The van der Waals surface area contributed by atoms with Gasteiger partial charge in [-0.15, -0.1) is 11.8 Å². The highest BCUT2D eigenvalue weighted by atomic mass is 32.2. The Bertz CT molecular complexity index is 1620. The second-order valence-electron chi connectivity index (χ2n) is 12.8. The molecular weight excluding hydrogens is 664 g/mol. The predicted octanol–water partition coefficient (Wildman–Crippen LogP) is 3.03. The normalized spacial score (nSPS) is 23.3. The van der Waals surface area contributed by atoms with Crippen molar-refractivity contribution in [1.29, 1.82) is 0 Å². The van der Waals surface area contributed by atoms with Crippen LogP contribution in [0.1, 0.15) is 49.0 Å². The highest BCUT2D eigenvalue weighted by molar-refractivity contribution is 8.03. The molecule has 2 aromatic carbocycles. The molecule has 50 heavy (non-hydrogen) atoms. The van der Waals surface area contributed by atoms with Gasteiger partial charge in [-0.05, 0) is 68.5 Å². The SMILES string of the molecule is COc1ccc(CCCCOCCNC(=O)c2cccc(NC(=O)[C@@H]3C[C@H](SC4=C(C(=O)O)N5C(=O)[C@H]([C@@H](C)O)C5[C@H]4C)CN3)c2)cc1OC. The number of hydrogen-bond acceptors (Lipinski definition) is 10. The summed E-state index contributed by atoms with van der Waals surface area (Å²) in [5, 5.41) is 28.9. The number of fused-ring (bicyclic) bond motifs is 1. The summed E-state index contributed by atoms with van der Waals surface area (Å²) in [6.45, 7) is 5.22. The number of methoxy groups -OCH3 is 2. The van der Waals surface area contributed by atoms with E-state index in [2.05, 4.69) is 16.0 Å². The number of nitrogens with one attached hydrogen (secondary N) is 3. The number of β-lactam (4-membered cyclic amide) rings is 1. The van der Waals surface area contributed by atoms with Gasteiger partial charge in [0.2, 0.25) is 11.8 Å². The van der Waals surface area contributed by atoms with Gasteiger partial charge in [0, 0.05) is 47.0 Å². The number of aliphatic hydroxyl groups excluding tert-OH is 1. The van der Waals surface area contributed by atoms with E-state index in [0.717, 1.165) is 24.8 Å². The Morgan fingerprint density at radius 2 is 1.86 bits per heavy atom. The summed E-state index contributed by atoms with van der Waals surface area (Å²) >= 11 is 1.38. The lowest BCUT2D eigenvalue weighted by Gasteiger charge is -2.46. The van der Waals surface area contributed by atoms with E-state index in [1.54, 1.807) is 45.4 Å². The molecule has 2 fully saturated rings. The fraction of sp³-hybridized carbons (Fsp3) is 0.500. The second-order valence-corrected chi connectivity index (χ2v) is 14.1. The summed E-state index contributed by atoms with van der Waals surface area (Å²) in [7, 11) is 3.23. The number of carbonyl (C=O) groups is 4. The number of amides is 3. The summed E-state index contributed by atoms with van der Waals surface area (Å²) in [5.74, 6) is -1.52. The second kappa shape index (κ2) is 16.7. The van der Waals surface area contributed by atoms with E-state index in [1.807, 2.05) is 25.1 Å². The summed E-state index contributed by atoms with van der Waals surface area (Å²) in [4.78, 5) is 52.6. The molecule has 0 saturated carbocycles. The molecule has 0 radical (unpaired) electrons. The van der Waals surface area contributed by atoms with Gasteiger partial charge >= 0.3 is 5.97 Å². The van der Waals surface area contributed by atoms with Crippen LogP contribution in [0.2, 0.25) is 0 Å². The number of anilines is 1. The van der Waals surface area contributed by atoms with Crippen molar-refractivity contribution < 1.29 is 43.6 Å². The Balaban J connectivity index is 1.02. The number of thioether (sulfide) groups is 1. The molecule has 270 valence electrons. The van der Waals surface area contributed by atoms with Crippen LogP contribution in [0.3, 0.4) is 0 Å². The van der Waals surface area contributed by atoms with Gasteiger partial charge in [-0.25, -0.2) is 4.79 Å². The number of carboxylic acids is 1. The van der Waals surface area contributed by atoms with Crippen LogP contribution in [-0.2, 0) is 25.5 Å². The number of carboxylic acid groups (broad SMARTS) is 1. The third-order valence-corrected chi connectivity index (χ3v) is 10.9. The van der Waals surface area contributed by atoms with Crippen molar-refractivity contribution in [2.24, 2.45) is 11.8 Å². The average Bonchev–Trinajstić information content (AvgIpc) is 3.66. The highest BCUT2D eigenvalue weighted by Gasteiger charge is 2.60. The first-order valence-corrected chi connectivity index (χ1v) is 17.8. The van der Waals surface area contributed by atoms with E-state index >= 15 is 0 Å². The molecule has 3 aliphatic heterocycles. The molecule has 5 N–H and O–H groups in total. The molecule has 2 saturated heterocycles. The zero-order chi connectivity index (χ0) is 35.9. The zero-order valence-electron chi connectivity index (χ0n) is 28.8. The van der Waals surface area contributed by atoms with Crippen molar-refractivity contribution in [3.8, 4) is 11.5 Å². The first-order chi connectivity index (χ1) is 24.0. The van der Waals surface area contributed by atoms with Crippen LogP contribution >= 0.6 is 11.8 Å². The van der Waals surface area contributed by atoms with Crippen molar-refractivity contribution in [3.63, 3.8) is 0 Å². The molecule has 0 spiro atoms. The molecule has 14 heteroatoms. The Kier molecular flexibility index (Phi) is 12.4.